The summed E-state index contributed by atoms with van der Waals surface area (Å²) in [6, 6.07) is 14.5. The third-order valence-electron chi connectivity index (χ3n) is 4.56. The van der Waals surface area contributed by atoms with E-state index in [4.69, 9.17) is 4.74 Å². The lowest BCUT2D eigenvalue weighted by Gasteiger charge is -2.12. The van der Waals surface area contributed by atoms with E-state index in [0.29, 0.717) is 22.2 Å². The maximum absolute atomic E-state index is 12.9. The molecule has 0 aliphatic carbocycles. The molecule has 0 saturated carbocycles. The summed E-state index contributed by atoms with van der Waals surface area (Å²) in [5.74, 6) is -0.288. The van der Waals surface area contributed by atoms with E-state index in [1.54, 1.807) is 36.5 Å². The number of pyridine rings is 1. The van der Waals surface area contributed by atoms with E-state index >= 15 is 0 Å². The summed E-state index contributed by atoms with van der Waals surface area (Å²) in [4.78, 5) is 17.0. The lowest BCUT2D eigenvalue weighted by molar-refractivity contribution is -0.137. The third kappa shape index (κ3) is 4.16. The first-order valence-corrected chi connectivity index (χ1v) is 9.11. The Balaban J connectivity index is 1.74. The Morgan fingerprint density at radius 2 is 1.81 bits per heavy atom. The summed E-state index contributed by atoms with van der Waals surface area (Å²) >= 11 is 0. The first-order chi connectivity index (χ1) is 14.9. The second-order valence-electron chi connectivity index (χ2n) is 6.57. The number of amides is 1. The number of carbonyl (C=O) groups is 1. The van der Waals surface area contributed by atoms with Crippen molar-refractivity contribution in [3.8, 4) is 17.3 Å². The zero-order chi connectivity index (χ0) is 22.0. The van der Waals surface area contributed by atoms with Crippen LogP contribution >= 0.6 is 0 Å². The highest BCUT2D eigenvalue weighted by molar-refractivity contribution is 6.08. The SMILES string of the molecule is COc1nnc(-c2ccccn2)c2cc(C(=O)Nc3cccc(C(F)(F)F)c3)ccc12. The molecule has 0 spiro atoms. The van der Waals surface area contributed by atoms with Crippen molar-refractivity contribution in [1.29, 1.82) is 0 Å². The number of methoxy groups -OCH3 is 1. The molecule has 2 heterocycles. The van der Waals surface area contributed by atoms with Crippen LogP contribution in [0.15, 0.2) is 66.9 Å². The summed E-state index contributed by atoms with van der Waals surface area (Å²) in [5.41, 5.74) is 0.428. The van der Waals surface area contributed by atoms with E-state index in [1.807, 2.05) is 0 Å². The van der Waals surface area contributed by atoms with Gasteiger partial charge < -0.3 is 10.1 Å². The smallest absolute Gasteiger partial charge is 0.416 e. The van der Waals surface area contributed by atoms with Crippen molar-refractivity contribution in [2.75, 3.05) is 12.4 Å². The summed E-state index contributed by atoms with van der Waals surface area (Å²) in [6.45, 7) is 0. The summed E-state index contributed by atoms with van der Waals surface area (Å²) in [5, 5.41) is 11.9. The lowest BCUT2D eigenvalue weighted by Crippen LogP contribution is -2.13. The second-order valence-corrected chi connectivity index (χ2v) is 6.57. The van der Waals surface area contributed by atoms with E-state index in [9.17, 15) is 18.0 Å². The van der Waals surface area contributed by atoms with Crippen molar-refractivity contribution in [1.82, 2.24) is 15.2 Å². The van der Waals surface area contributed by atoms with Crippen LogP contribution in [0.25, 0.3) is 22.2 Å². The number of nitrogens with one attached hydrogen (secondary N) is 1. The quantitative estimate of drug-likeness (QED) is 0.501. The van der Waals surface area contributed by atoms with Crippen LogP contribution in [0.1, 0.15) is 15.9 Å². The highest BCUT2D eigenvalue weighted by atomic mass is 19.4. The van der Waals surface area contributed by atoms with Crippen LogP contribution in [0.5, 0.6) is 5.88 Å². The number of anilines is 1. The van der Waals surface area contributed by atoms with Crippen molar-refractivity contribution < 1.29 is 22.7 Å². The van der Waals surface area contributed by atoms with Crippen LogP contribution < -0.4 is 10.1 Å². The Hall–Kier alpha value is -4.01. The third-order valence-corrected chi connectivity index (χ3v) is 4.56. The minimum atomic E-state index is -4.50. The van der Waals surface area contributed by atoms with E-state index in [2.05, 4.69) is 20.5 Å². The van der Waals surface area contributed by atoms with Gasteiger partial charge in [-0.05, 0) is 48.5 Å². The zero-order valence-corrected chi connectivity index (χ0v) is 16.1. The van der Waals surface area contributed by atoms with Crippen molar-refractivity contribution in [2.24, 2.45) is 0 Å². The van der Waals surface area contributed by atoms with E-state index < -0.39 is 17.6 Å². The molecular formula is C22H15F3N4O2. The maximum Gasteiger partial charge on any atom is 0.416 e. The lowest BCUT2D eigenvalue weighted by atomic mass is 10.0. The molecule has 4 rings (SSSR count). The number of benzene rings is 2. The Labute approximate surface area is 174 Å². The van der Waals surface area contributed by atoms with Crippen molar-refractivity contribution in [3.63, 3.8) is 0 Å². The molecule has 0 saturated heterocycles. The number of alkyl halides is 3. The number of nitrogens with zero attached hydrogens (tertiary/aromatic N) is 3. The fourth-order valence-electron chi connectivity index (χ4n) is 3.09. The number of halogens is 3. The van der Waals surface area contributed by atoms with Gasteiger partial charge in [-0.15, -0.1) is 10.2 Å². The van der Waals surface area contributed by atoms with Gasteiger partial charge in [0, 0.05) is 28.2 Å². The molecule has 2 aromatic heterocycles. The van der Waals surface area contributed by atoms with Gasteiger partial charge in [0.25, 0.3) is 5.91 Å². The van der Waals surface area contributed by atoms with Gasteiger partial charge in [0.15, 0.2) is 0 Å². The van der Waals surface area contributed by atoms with Crippen molar-refractivity contribution >= 4 is 22.4 Å². The molecule has 0 radical (unpaired) electrons. The number of carbonyl (C=O) groups excluding carboxylic acids is 1. The zero-order valence-electron chi connectivity index (χ0n) is 16.1. The first-order valence-electron chi connectivity index (χ1n) is 9.11. The molecule has 1 amide bonds. The molecule has 0 bridgehead atoms. The molecule has 2 aromatic carbocycles. The van der Waals surface area contributed by atoms with Crippen LogP contribution in [0, 0.1) is 0 Å². The molecule has 0 unspecified atom stereocenters. The number of aromatic nitrogens is 3. The first kappa shape index (κ1) is 20.3. The molecule has 0 aliphatic heterocycles. The van der Waals surface area contributed by atoms with Crippen LogP contribution in [0.3, 0.4) is 0 Å². The fourth-order valence-corrected chi connectivity index (χ4v) is 3.09. The Morgan fingerprint density at radius 1 is 0.968 bits per heavy atom. The number of hydrogen-bond donors (Lipinski definition) is 1. The number of fused-ring (bicyclic) bond motifs is 1. The minimum Gasteiger partial charge on any atom is -0.479 e. The van der Waals surface area contributed by atoms with Gasteiger partial charge in [-0.3, -0.25) is 9.78 Å². The van der Waals surface area contributed by atoms with Crippen LogP contribution in [0.4, 0.5) is 18.9 Å². The molecule has 4 aromatic rings. The number of ether oxygens (including phenoxy) is 1. The number of hydrogen-bond acceptors (Lipinski definition) is 5. The molecule has 0 aliphatic rings. The largest absolute Gasteiger partial charge is 0.479 e. The number of rotatable bonds is 4. The predicted molar refractivity (Wildman–Crippen MR) is 109 cm³/mol. The molecule has 0 fully saturated rings. The van der Waals surface area contributed by atoms with Crippen molar-refractivity contribution in [3.05, 3.63) is 78.0 Å². The van der Waals surface area contributed by atoms with Gasteiger partial charge in [-0.25, -0.2) is 0 Å². The van der Waals surface area contributed by atoms with Gasteiger partial charge in [0.05, 0.1) is 18.4 Å². The highest BCUT2D eigenvalue weighted by Crippen LogP contribution is 2.32. The van der Waals surface area contributed by atoms with Crippen molar-refractivity contribution in [2.45, 2.75) is 6.18 Å². The van der Waals surface area contributed by atoms with Gasteiger partial charge in [-0.2, -0.15) is 13.2 Å². The molecule has 156 valence electrons. The monoisotopic (exact) mass is 424 g/mol. The van der Waals surface area contributed by atoms with Crippen LogP contribution in [-0.4, -0.2) is 28.2 Å². The fraction of sp³-hybridized carbons (Fsp3) is 0.0909. The maximum atomic E-state index is 12.9. The topological polar surface area (TPSA) is 77.0 Å². The Kier molecular flexibility index (Phi) is 5.24. The average Bonchev–Trinajstić information content (AvgIpc) is 2.78. The normalized spacial score (nSPS) is 11.4. The van der Waals surface area contributed by atoms with Crippen LogP contribution in [0.2, 0.25) is 0 Å². The minimum absolute atomic E-state index is 0.0373. The summed E-state index contributed by atoms with van der Waals surface area (Å²) < 4.78 is 44.1. The second kappa shape index (κ2) is 8.02. The van der Waals surface area contributed by atoms with Gasteiger partial charge in [0.2, 0.25) is 5.88 Å². The molecule has 6 nitrogen and oxygen atoms in total. The van der Waals surface area contributed by atoms with Crippen LogP contribution in [-0.2, 0) is 6.18 Å². The Bertz CT molecular complexity index is 1260. The predicted octanol–water partition coefficient (Wildman–Crippen LogP) is 4.97. The Morgan fingerprint density at radius 3 is 2.52 bits per heavy atom. The van der Waals surface area contributed by atoms with Gasteiger partial charge in [0.1, 0.15) is 5.69 Å². The summed E-state index contributed by atoms with van der Waals surface area (Å²) in [7, 11) is 1.46. The van der Waals surface area contributed by atoms with Gasteiger partial charge >= 0.3 is 6.18 Å². The summed E-state index contributed by atoms with van der Waals surface area (Å²) in [6.07, 6.45) is -2.90. The average molecular weight is 424 g/mol. The standard InChI is InChI=1S/C22H15F3N4O2/c1-31-21-16-9-8-13(11-17(16)19(28-29-21)18-7-2-3-10-26-18)20(30)27-15-6-4-5-14(12-15)22(23,24)25/h2-12H,1H3,(H,27,30). The van der Waals surface area contributed by atoms with E-state index in [0.717, 1.165) is 12.1 Å². The van der Waals surface area contributed by atoms with E-state index in [1.165, 1.54) is 25.3 Å². The highest BCUT2D eigenvalue weighted by Gasteiger charge is 2.30. The molecule has 1 N–H and O–H groups in total. The van der Waals surface area contributed by atoms with Gasteiger partial charge in [-0.1, -0.05) is 12.1 Å². The molecular weight excluding hydrogens is 409 g/mol. The molecule has 9 heteroatoms. The molecule has 31 heavy (non-hydrogen) atoms. The molecule has 0 atom stereocenters. The van der Waals surface area contributed by atoms with E-state index in [-0.39, 0.29) is 17.1 Å².